The molecular weight excluding hydrogens is 379 g/mol. The second-order valence-corrected chi connectivity index (χ2v) is 6.98. The first-order valence-electron chi connectivity index (χ1n) is 7.46. The topological polar surface area (TPSA) is 168 Å². The van der Waals surface area contributed by atoms with Crippen LogP contribution in [0.2, 0.25) is 0 Å². The van der Waals surface area contributed by atoms with Crippen molar-refractivity contribution in [3.63, 3.8) is 0 Å². The molecule has 13 nitrogen and oxygen atoms in total. The van der Waals surface area contributed by atoms with Crippen LogP contribution in [0.15, 0.2) is 15.7 Å². The minimum Gasteiger partial charge on any atom is -0.344 e. The van der Waals surface area contributed by atoms with Crippen molar-refractivity contribution in [2.75, 3.05) is 7.11 Å². The molecule has 4 rings (SSSR count). The molecular formula is C12H15N2O11P. The summed E-state index contributed by atoms with van der Waals surface area (Å²) >= 11 is 0. The summed E-state index contributed by atoms with van der Waals surface area (Å²) in [5.41, 5.74) is -1.30. The van der Waals surface area contributed by atoms with E-state index in [1.807, 2.05) is 0 Å². The molecule has 144 valence electrons. The van der Waals surface area contributed by atoms with Crippen molar-refractivity contribution in [2.24, 2.45) is 0 Å². The molecule has 0 amide bonds. The highest BCUT2D eigenvalue weighted by molar-refractivity contribution is 7.46. The average molecular weight is 394 g/mol. The van der Waals surface area contributed by atoms with Crippen LogP contribution in [0, 0.1) is 0 Å². The summed E-state index contributed by atoms with van der Waals surface area (Å²) in [4.78, 5) is 44.3. The smallest absolute Gasteiger partial charge is 0.344 e. The first-order valence-corrected chi connectivity index (χ1v) is 8.99. The van der Waals surface area contributed by atoms with E-state index >= 15 is 0 Å². The number of aromatic amines is 1. The highest BCUT2D eigenvalue weighted by atomic mass is 31.2. The van der Waals surface area contributed by atoms with Crippen LogP contribution >= 0.6 is 7.82 Å². The van der Waals surface area contributed by atoms with E-state index in [1.165, 1.54) is 7.11 Å². The van der Waals surface area contributed by atoms with Crippen LogP contribution in [0.3, 0.4) is 0 Å². The maximum absolute atomic E-state index is 12.3. The normalized spacial score (nSPS) is 36.3. The predicted molar refractivity (Wildman–Crippen MR) is 77.5 cm³/mol. The number of phosphoric acid groups is 1. The van der Waals surface area contributed by atoms with Crippen LogP contribution in [-0.2, 0) is 39.4 Å². The van der Waals surface area contributed by atoms with Gasteiger partial charge in [-0.05, 0) is 0 Å². The number of hydrogen-bond donors (Lipinski definition) is 3. The second kappa shape index (κ2) is 6.34. The summed E-state index contributed by atoms with van der Waals surface area (Å²) in [5, 5.41) is 0. The Hall–Kier alpha value is -1.41. The van der Waals surface area contributed by atoms with Gasteiger partial charge < -0.3 is 33.5 Å². The number of H-pyrrole nitrogens is 1. The SMILES string of the molecule is COC1O[C@@H]2[C@H](O1)[C@H]1O[C@H]2n2c(cc(=O)[nH]c2=O)COC1OP(=O)(O)O. The third-order valence-electron chi connectivity index (χ3n) is 4.17. The fourth-order valence-electron chi connectivity index (χ4n) is 3.22. The summed E-state index contributed by atoms with van der Waals surface area (Å²) in [7, 11) is -3.60. The van der Waals surface area contributed by atoms with E-state index in [4.69, 9.17) is 33.5 Å². The van der Waals surface area contributed by atoms with Gasteiger partial charge in [0.25, 0.3) is 12.0 Å². The third-order valence-corrected chi connectivity index (χ3v) is 4.65. The Bertz CT molecular complexity index is 861. The molecule has 0 aromatic carbocycles. The Morgan fingerprint density at radius 3 is 2.65 bits per heavy atom. The number of hydrogen-bond acceptors (Lipinski definition) is 9. The third kappa shape index (κ3) is 3.07. The van der Waals surface area contributed by atoms with Crippen LogP contribution in [0.5, 0.6) is 0 Å². The number of ether oxygens (including phenoxy) is 5. The maximum Gasteiger partial charge on any atom is 0.472 e. The van der Waals surface area contributed by atoms with Crippen LogP contribution < -0.4 is 11.2 Å². The van der Waals surface area contributed by atoms with Crippen molar-refractivity contribution in [3.8, 4) is 0 Å². The van der Waals surface area contributed by atoms with E-state index in [1.54, 1.807) is 0 Å². The van der Waals surface area contributed by atoms with Gasteiger partial charge in [0.1, 0.15) is 18.3 Å². The lowest BCUT2D eigenvalue weighted by atomic mass is 10.1. The van der Waals surface area contributed by atoms with Gasteiger partial charge in [0, 0.05) is 13.2 Å². The van der Waals surface area contributed by atoms with E-state index in [0.717, 1.165) is 10.6 Å². The fourth-order valence-corrected chi connectivity index (χ4v) is 3.67. The molecule has 0 aliphatic carbocycles. The minimum atomic E-state index is -4.93. The highest BCUT2D eigenvalue weighted by Crippen LogP contribution is 2.46. The van der Waals surface area contributed by atoms with Crippen molar-refractivity contribution in [2.45, 2.75) is 43.9 Å². The van der Waals surface area contributed by atoms with Crippen molar-refractivity contribution in [1.29, 1.82) is 0 Å². The fraction of sp³-hybridized carbons (Fsp3) is 0.667. The van der Waals surface area contributed by atoms with Crippen molar-refractivity contribution < 1.29 is 42.6 Å². The molecule has 4 heterocycles. The number of nitrogens with zero attached hydrogens (tertiary/aromatic N) is 1. The van der Waals surface area contributed by atoms with Gasteiger partial charge in [-0.1, -0.05) is 0 Å². The molecule has 1 aromatic heterocycles. The summed E-state index contributed by atoms with van der Waals surface area (Å²) in [6.45, 7) is -1.40. The number of rotatable bonds is 3. The van der Waals surface area contributed by atoms with Crippen LogP contribution in [-0.4, -0.2) is 57.5 Å². The van der Waals surface area contributed by atoms with Crippen LogP contribution in [0.25, 0.3) is 0 Å². The van der Waals surface area contributed by atoms with Crippen molar-refractivity contribution >= 4 is 7.82 Å². The zero-order chi connectivity index (χ0) is 18.6. The Morgan fingerprint density at radius 2 is 1.96 bits per heavy atom. The molecule has 0 radical (unpaired) electrons. The number of fused-ring (bicyclic) bond motifs is 7. The van der Waals surface area contributed by atoms with Gasteiger partial charge in [-0.3, -0.25) is 18.9 Å². The molecule has 3 aliphatic rings. The van der Waals surface area contributed by atoms with Crippen molar-refractivity contribution in [3.05, 3.63) is 32.6 Å². The van der Waals surface area contributed by atoms with Crippen LogP contribution in [0.1, 0.15) is 11.9 Å². The molecule has 6 atom stereocenters. The largest absolute Gasteiger partial charge is 0.472 e. The van der Waals surface area contributed by atoms with Gasteiger partial charge in [-0.15, -0.1) is 0 Å². The molecule has 2 unspecified atom stereocenters. The first kappa shape index (κ1) is 18.0. The highest BCUT2D eigenvalue weighted by Gasteiger charge is 2.58. The predicted octanol–water partition coefficient (Wildman–Crippen LogP) is -1.89. The molecule has 26 heavy (non-hydrogen) atoms. The van der Waals surface area contributed by atoms with E-state index in [2.05, 4.69) is 9.51 Å². The summed E-state index contributed by atoms with van der Waals surface area (Å²) in [6.07, 6.45) is -5.46. The summed E-state index contributed by atoms with van der Waals surface area (Å²) in [5.74, 6) is 0. The summed E-state index contributed by atoms with van der Waals surface area (Å²) in [6, 6.07) is 1.11. The monoisotopic (exact) mass is 394 g/mol. The van der Waals surface area contributed by atoms with E-state index in [9.17, 15) is 14.2 Å². The van der Waals surface area contributed by atoms with Gasteiger partial charge in [-0.2, -0.15) is 0 Å². The first-order chi connectivity index (χ1) is 12.3. The number of aromatic nitrogens is 2. The quantitative estimate of drug-likeness (QED) is 0.490. The molecule has 2 bridgehead atoms. The lowest BCUT2D eigenvalue weighted by Crippen LogP contribution is -2.42. The number of methoxy groups -OCH3 is 1. The lowest BCUT2D eigenvalue weighted by Gasteiger charge is -2.30. The Balaban J connectivity index is 1.80. The Morgan fingerprint density at radius 1 is 1.23 bits per heavy atom. The van der Waals surface area contributed by atoms with E-state index < -0.39 is 56.4 Å². The van der Waals surface area contributed by atoms with Gasteiger partial charge >= 0.3 is 13.5 Å². The molecule has 0 saturated carbocycles. The molecule has 14 heteroatoms. The lowest BCUT2D eigenvalue weighted by molar-refractivity contribution is -0.277. The van der Waals surface area contributed by atoms with Gasteiger partial charge in [0.15, 0.2) is 12.5 Å². The molecule has 2 fully saturated rings. The average Bonchev–Trinajstić information content (AvgIpc) is 3.08. The maximum atomic E-state index is 12.3. The zero-order valence-electron chi connectivity index (χ0n) is 13.2. The zero-order valence-corrected chi connectivity index (χ0v) is 14.1. The number of phosphoric ester groups is 1. The molecule has 3 aliphatic heterocycles. The van der Waals surface area contributed by atoms with Gasteiger partial charge in [0.2, 0.25) is 0 Å². The van der Waals surface area contributed by atoms with E-state index in [-0.39, 0.29) is 12.3 Å². The van der Waals surface area contributed by atoms with Gasteiger partial charge in [0.05, 0.1) is 12.3 Å². The van der Waals surface area contributed by atoms with Crippen LogP contribution in [0.4, 0.5) is 0 Å². The second-order valence-electron chi connectivity index (χ2n) is 5.79. The number of nitrogens with one attached hydrogen (secondary N) is 1. The molecule has 0 spiro atoms. The van der Waals surface area contributed by atoms with Gasteiger partial charge in [-0.25, -0.2) is 9.36 Å². The molecule has 1 aromatic rings. The van der Waals surface area contributed by atoms with E-state index in [0.29, 0.717) is 0 Å². The van der Waals surface area contributed by atoms with Crippen molar-refractivity contribution in [1.82, 2.24) is 9.55 Å². The summed E-state index contributed by atoms with van der Waals surface area (Å²) < 4.78 is 44.2. The Kier molecular flexibility index (Phi) is 4.38. The minimum absolute atomic E-state index is 0.117. The molecule has 3 N–H and O–H groups in total. The standard InChI is InChI=1S/C12H15N2O11P/c1-20-12-23-6-7(24-12)9-14-4(2-5(15)13-11(14)16)3-21-10(8(6)22-9)25-26(17,18)19/h2,6-10,12H,3H2,1H3,(H,13,15,16)(H2,17,18,19)/t6-,7+,8+,9+,10?,12?/m0/s1. The Labute approximate surface area is 144 Å². The molecule has 2 saturated heterocycles.